The van der Waals surface area contributed by atoms with Crippen molar-refractivity contribution in [2.75, 3.05) is 18.8 Å². The van der Waals surface area contributed by atoms with Gasteiger partial charge in [0.05, 0.1) is 11.3 Å². The molecule has 1 amide bonds. The second kappa shape index (κ2) is 10.6. The molecule has 0 saturated carbocycles. The zero-order chi connectivity index (χ0) is 24.1. The Morgan fingerprint density at radius 1 is 1.09 bits per heavy atom. The molecule has 0 aromatic heterocycles. The first-order valence-electron chi connectivity index (χ1n) is 11.1. The number of sulfonamides is 1. The van der Waals surface area contributed by atoms with E-state index in [1.54, 1.807) is 6.07 Å². The monoisotopic (exact) mass is 480 g/mol. The topological polar surface area (TPSA) is 75.7 Å². The van der Waals surface area contributed by atoms with Crippen LogP contribution >= 0.6 is 0 Å². The molecule has 9 heteroatoms. The average molecular weight is 481 g/mol. The highest BCUT2D eigenvalue weighted by molar-refractivity contribution is 7.89. The third-order valence-electron chi connectivity index (χ3n) is 6.34. The first-order chi connectivity index (χ1) is 15.7. The van der Waals surface area contributed by atoms with Crippen LogP contribution in [0.5, 0.6) is 5.75 Å². The summed E-state index contributed by atoms with van der Waals surface area (Å²) in [5, 5.41) is 2.97. The SMILES string of the molecule is CCCS(=O)(=O)N1CCC(c2ccccc2)([C@H](C)NC(=O)c2ccccc2OC(F)F)CC1. The van der Waals surface area contributed by atoms with Gasteiger partial charge in [-0.05, 0) is 43.9 Å². The molecule has 1 N–H and O–H groups in total. The van der Waals surface area contributed by atoms with Crippen molar-refractivity contribution < 1.29 is 26.7 Å². The van der Waals surface area contributed by atoms with Crippen LogP contribution in [0.2, 0.25) is 0 Å². The van der Waals surface area contributed by atoms with Crippen LogP contribution in [0.1, 0.15) is 49.0 Å². The molecular formula is C24H30F2N2O4S. The molecule has 2 aromatic carbocycles. The number of alkyl halides is 2. The van der Waals surface area contributed by atoms with E-state index in [0.29, 0.717) is 32.4 Å². The Kier molecular flexibility index (Phi) is 8.07. The quantitative estimate of drug-likeness (QED) is 0.584. The molecule has 0 spiro atoms. The molecule has 0 unspecified atom stereocenters. The Balaban J connectivity index is 1.86. The molecule has 1 saturated heterocycles. The number of benzene rings is 2. The van der Waals surface area contributed by atoms with E-state index in [9.17, 15) is 22.0 Å². The van der Waals surface area contributed by atoms with Crippen LogP contribution in [0.25, 0.3) is 0 Å². The lowest BCUT2D eigenvalue weighted by Crippen LogP contribution is -2.55. The molecule has 1 heterocycles. The van der Waals surface area contributed by atoms with Gasteiger partial charge in [0, 0.05) is 24.5 Å². The van der Waals surface area contributed by atoms with Gasteiger partial charge in [-0.2, -0.15) is 8.78 Å². The van der Waals surface area contributed by atoms with Crippen LogP contribution in [0.15, 0.2) is 54.6 Å². The van der Waals surface area contributed by atoms with Crippen LogP contribution in [0.4, 0.5) is 8.78 Å². The van der Waals surface area contributed by atoms with Crippen LogP contribution in [0.3, 0.4) is 0 Å². The molecular weight excluding hydrogens is 450 g/mol. The maximum Gasteiger partial charge on any atom is 0.387 e. The summed E-state index contributed by atoms with van der Waals surface area (Å²) < 4.78 is 56.7. The largest absolute Gasteiger partial charge is 0.434 e. The van der Waals surface area contributed by atoms with E-state index in [2.05, 4.69) is 10.1 Å². The molecule has 180 valence electrons. The summed E-state index contributed by atoms with van der Waals surface area (Å²) in [5.41, 5.74) is 0.520. The van der Waals surface area contributed by atoms with E-state index < -0.39 is 28.0 Å². The summed E-state index contributed by atoms with van der Waals surface area (Å²) >= 11 is 0. The smallest absolute Gasteiger partial charge is 0.387 e. The van der Waals surface area contributed by atoms with Crippen LogP contribution in [-0.2, 0) is 15.4 Å². The number of hydrogen-bond acceptors (Lipinski definition) is 4. The van der Waals surface area contributed by atoms with Crippen LogP contribution in [0, 0.1) is 0 Å². The molecule has 1 fully saturated rings. The van der Waals surface area contributed by atoms with Crippen molar-refractivity contribution in [3.05, 3.63) is 65.7 Å². The summed E-state index contributed by atoms with van der Waals surface area (Å²) in [6, 6.07) is 15.2. The molecule has 3 rings (SSSR count). The predicted molar refractivity (Wildman–Crippen MR) is 123 cm³/mol. The lowest BCUT2D eigenvalue weighted by atomic mass is 9.68. The Hall–Kier alpha value is -2.52. The lowest BCUT2D eigenvalue weighted by Gasteiger charge is -2.45. The highest BCUT2D eigenvalue weighted by Gasteiger charge is 2.43. The van der Waals surface area contributed by atoms with Gasteiger partial charge in [-0.3, -0.25) is 4.79 Å². The van der Waals surface area contributed by atoms with Gasteiger partial charge in [-0.15, -0.1) is 0 Å². The highest BCUT2D eigenvalue weighted by Crippen LogP contribution is 2.39. The molecule has 33 heavy (non-hydrogen) atoms. The fourth-order valence-corrected chi connectivity index (χ4v) is 6.07. The van der Waals surface area contributed by atoms with Crippen molar-refractivity contribution in [3.8, 4) is 5.75 Å². The number of amides is 1. The minimum absolute atomic E-state index is 0.0239. The number of carbonyl (C=O) groups is 1. The summed E-state index contributed by atoms with van der Waals surface area (Å²) in [4.78, 5) is 13.0. The maximum atomic E-state index is 13.0. The lowest BCUT2D eigenvalue weighted by molar-refractivity contribution is -0.0501. The van der Waals surface area contributed by atoms with Crippen molar-refractivity contribution in [1.82, 2.24) is 9.62 Å². The number of rotatable bonds is 9. The van der Waals surface area contributed by atoms with E-state index in [1.165, 1.54) is 22.5 Å². The Bertz CT molecular complexity index is 1040. The number of para-hydroxylation sites is 1. The second-order valence-corrected chi connectivity index (χ2v) is 10.4. The zero-order valence-corrected chi connectivity index (χ0v) is 19.7. The first-order valence-corrected chi connectivity index (χ1v) is 12.7. The van der Waals surface area contributed by atoms with Gasteiger partial charge in [0.15, 0.2) is 0 Å². The van der Waals surface area contributed by atoms with Crippen molar-refractivity contribution in [2.24, 2.45) is 0 Å². The van der Waals surface area contributed by atoms with E-state index in [1.807, 2.05) is 44.2 Å². The number of piperidine rings is 1. The third kappa shape index (κ3) is 5.70. The first kappa shape index (κ1) is 25.1. The Morgan fingerprint density at radius 2 is 1.70 bits per heavy atom. The number of nitrogens with one attached hydrogen (secondary N) is 1. The zero-order valence-electron chi connectivity index (χ0n) is 18.8. The van der Waals surface area contributed by atoms with Crippen LogP contribution in [-0.4, -0.2) is 50.1 Å². The molecule has 1 atom stereocenters. The van der Waals surface area contributed by atoms with Gasteiger partial charge in [-0.1, -0.05) is 49.4 Å². The summed E-state index contributed by atoms with van der Waals surface area (Å²) in [5.74, 6) is -0.597. The van der Waals surface area contributed by atoms with Gasteiger partial charge < -0.3 is 10.1 Å². The van der Waals surface area contributed by atoms with Crippen molar-refractivity contribution in [2.45, 2.75) is 51.2 Å². The van der Waals surface area contributed by atoms with Crippen molar-refractivity contribution >= 4 is 15.9 Å². The van der Waals surface area contributed by atoms with Gasteiger partial charge in [0.2, 0.25) is 10.0 Å². The molecule has 0 radical (unpaired) electrons. The molecule has 1 aliphatic heterocycles. The van der Waals surface area contributed by atoms with Gasteiger partial charge in [-0.25, -0.2) is 12.7 Å². The summed E-state index contributed by atoms with van der Waals surface area (Å²) in [6.45, 7) is 1.37. The Morgan fingerprint density at radius 3 is 2.30 bits per heavy atom. The minimum Gasteiger partial charge on any atom is -0.434 e. The summed E-state index contributed by atoms with van der Waals surface area (Å²) in [7, 11) is -3.32. The van der Waals surface area contributed by atoms with E-state index >= 15 is 0 Å². The van der Waals surface area contributed by atoms with Gasteiger partial charge in [0.25, 0.3) is 5.91 Å². The van der Waals surface area contributed by atoms with Gasteiger partial charge in [0.1, 0.15) is 5.75 Å². The third-order valence-corrected chi connectivity index (χ3v) is 8.42. The number of hydrogen-bond donors (Lipinski definition) is 1. The number of nitrogens with zero attached hydrogens (tertiary/aromatic N) is 1. The fraction of sp³-hybridized carbons (Fsp3) is 0.458. The van der Waals surface area contributed by atoms with Crippen LogP contribution < -0.4 is 10.1 Å². The fourth-order valence-electron chi connectivity index (χ4n) is 4.56. The van der Waals surface area contributed by atoms with E-state index in [-0.39, 0.29) is 23.1 Å². The normalized spacial score (nSPS) is 17.5. The number of carbonyl (C=O) groups excluding carboxylic acids is 1. The molecule has 6 nitrogen and oxygen atoms in total. The van der Waals surface area contributed by atoms with Crippen molar-refractivity contribution in [3.63, 3.8) is 0 Å². The number of halogens is 2. The average Bonchev–Trinajstić information content (AvgIpc) is 2.79. The molecule has 1 aliphatic rings. The minimum atomic E-state index is -3.32. The van der Waals surface area contributed by atoms with Gasteiger partial charge >= 0.3 is 6.61 Å². The summed E-state index contributed by atoms with van der Waals surface area (Å²) in [6.07, 6.45) is 1.60. The Labute approximate surface area is 194 Å². The van der Waals surface area contributed by atoms with Crippen molar-refractivity contribution in [1.29, 1.82) is 0 Å². The maximum absolute atomic E-state index is 13.0. The van der Waals surface area contributed by atoms with E-state index in [0.717, 1.165) is 5.56 Å². The number of ether oxygens (including phenoxy) is 1. The van der Waals surface area contributed by atoms with E-state index in [4.69, 9.17) is 0 Å². The second-order valence-electron chi connectivity index (χ2n) is 8.31. The highest BCUT2D eigenvalue weighted by atomic mass is 32.2. The predicted octanol–water partition coefficient (Wildman–Crippen LogP) is 4.18. The molecule has 0 aliphatic carbocycles. The molecule has 2 aromatic rings. The molecule has 0 bridgehead atoms. The standard InChI is InChI=1S/C24H30F2N2O4S/c1-3-17-33(30,31)28-15-13-24(14-16-28,19-9-5-4-6-10-19)18(2)27-22(29)20-11-7-8-12-21(20)32-23(25)26/h4-12,18,23H,3,13-17H2,1-2H3,(H,27,29)/t18-/m0/s1.